The van der Waals surface area contributed by atoms with Crippen molar-refractivity contribution in [3.8, 4) is 0 Å². The molecule has 1 aromatic rings. The quantitative estimate of drug-likeness (QED) is 0.460. The summed E-state index contributed by atoms with van der Waals surface area (Å²) in [6.07, 6.45) is 3.91. The second-order valence-electron chi connectivity index (χ2n) is 2.88. The number of carbonyl (C=O) groups excluding carboxylic acids is 1. The number of halogens is 3. The van der Waals surface area contributed by atoms with Crippen molar-refractivity contribution in [1.29, 1.82) is 0 Å². The van der Waals surface area contributed by atoms with Crippen LogP contribution in [0, 0.1) is 0 Å². The van der Waals surface area contributed by atoms with E-state index in [4.69, 9.17) is 34.8 Å². The van der Waals surface area contributed by atoms with E-state index in [1.807, 2.05) is 30.3 Å². The molecule has 5 heteroatoms. The lowest BCUT2D eigenvalue weighted by Crippen LogP contribution is -2.04. The molecule has 16 heavy (non-hydrogen) atoms. The Hall–Kier alpha value is -0.830. The van der Waals surface area contributed by atoms with Gasteiger partial charge in [-0.05, 0) is 11.6 Å². The number of alkyl halides is 3. The Kier molecular flexibility index (Phi) is 5.00. The number of rotatable bonds is 2. The third-order valence-corrected chi connectivity index (χ3v) is 1.85. The summed E-state index contributed by atoms with van der Waals surface area (Å²) in [5.41, 5.74) is 0.903. The topological polar surface area (TPSA) is 29.4 Å². The van der Waals surface area contributed by atoms with Crippen LogP contribution >= 0.6 is 34.8 Å². The molecule has 0 radical (unpaired) electrons. The molecule has 84 valence electrons. The summed E-state index contributed by atoms with van der Waals surface area (Å²) in [7, 11) is 0. The molecule has 0 atom stereocenters. The van der Waals surface area contributed by atoms with Gasteiger partial charge in [-0.25, -0.2) is 4.99 Å². The number of aliphatic imine (C=N–C) groups is 1. The smallest absolute Gasteiger partial charge is 0.267 e. The second kappa shape index (κ2) is 6.04. The van der Waals surface area contributed by atoms with E-state index in [0.717, 1.165) is 11.8 Å². The molecule has 0 fully saturated rings. The molecular weight excluding hydrogens is 268 g/mol. The van der Waals surface area contributed by atoms with Crippen LogP contribution in [0.25, 0.3) is 6.08 Å². The SMILES string of the molecule is O=C(/C=C/c1ccccc1)N=CC(Cl)(Cl)Cl. The maximum atomic E-state index is 11.2. The van der Waals surface area contributed by atoms with Gasteiger partial charge in [0.25, 0.3) is 5.91 Å². The third-order valence-electron chi connectivity index (χ3n) is 1.56. The fraction of sp³-hybridized carbons (Fsp3) is 0.0909. The first-order chi connectivity index (χ1) is 7.47. The molecule has 1 rings (SSSR count). The minimum atomic E-state index is -1.64. The summed E-state index contributed by atoms with van der Waals surface area (Å²) < 4.78 is -1.64. The molecule has 0 aliphatic heterocycles. The summed E-state index contributed by atoms with van der Waals surface area (Å²) in [6, 6.07) is 9.36. The fourth-order valence-corrected chi connectivity index (χ4v) is 1.06. The normalized spacial score (nSPS) is 12.4. The highest BCUT2D eigenvalue weighted by Gasteiger charge is 2.15. The molecule has 0 aromatic heterocycles. The number of carbonyl (C=O) groups is 1. The lowest BCUT2D eigenvalue weighted by atomic mass is 10.2. The minimum Gasteiger partial charge on any atom is -0.267 e. The van der Waals surface area contributed by atoms with E-state index in [1.54, 1.807) is 6.08 Å². The Morgan fingerprint density at radius 2 is 1.81 bits per heavy atom. The van der Waals surface area contributed by atoms with Crippen molar-refractivity contribution in [3.63, 3.8) is 0 Å². The van der Waals surface area contributed by atoms with Gasteiger partial charge in [-0.15, -0.1) is 0 Å². The van der Waals surface area contributed by atoms with Crippen LogP contribution < -0.4 is 0 Å². The van der Waals surface area contributed by atoms with Gasteiger partial charge in [-0.1, -0.05) is 65.1 Å². The van der Waals surface area contributed by atoms with E-state index >= 15 is 0 Å². The van der Waals surface area contributed by atoms with Crippen LogP contribution in [0.1, 0.15) is 5.56 Å². The number of amides is 1. The van der Waals surface area contributed by atoms with Crippen molar-refractivity contribution in [1.82, 2.24) is 0 Å². The summed E-state index contributed by atoms with van der Waals surface area (Å²) in [5, 5.41) is 0. The lowest BCUT2D eigenvalue weighted by molar-refractivity contribution is -0.113. The first kappa shape index (κ1) is 13.2. The molecule has 0 aliphatic rings. The Morgan fingerprint density at radius 1 is 1.19 bits per heavy atom. The minimum absolute atomic E-state index is 0.477. The molecule has 0 unspecified atom stereocenters. The van der Waals surface area contributed by atoms with E-state index in [2.05, 4.69) is 4.99 Å². The van der Waals surface area contributed by atoms with Crippen molar-refractivity contribution < 1.29 is 4.79 Å². The largest absolute Gasteiger partial charge is 0.269 e. The number of hydrogen-bond donors (Lipinski definition) is 0. The van der Waals surface area contributed by atoms with E-state index in [1.165, 1.54) is 6.08 Å². The van der Waals surface area contributed by atoms with E-state index in [0.29, 0.717) is 0 Å². The predicted molar refractivity (Wildman–Crippen MR) is 69.3 cm³/mol. The van der Waals surface area contributed by atoms with E-state index in [-0.39, 0.29) is 0 Å². The summed E-state index contributed by atoms with van der Waals surface area (Å²) >= 11 is 16.2. The Bertz CT molecular complexity index is 407. The van der Waals surface area contributed by atoms with Crippen molar-refractivity contribution in [2.75, 3.05) is 0 Å². The van der Waals surface area contributed by atoms with Crippen LogP contribution in [-0.4, -0.2) is 15.9 Å². The van der Waals surface area contributed by atoms with E-state index < -0.39 is 9.70 Å². The standard InChI is InChI=1S/C11H8Cl3NO/c12-11(13,14)8-15-10(16)7-6-9-4-2-1-3-5-9/h1-8H/b7-6+,15-8?. The van der Waals surface area contributed by atoms with Crippen LogP contribution in [0.2, 0.25) is 0 Å². The monoisotopic (exact) mass is 275 g/mol. The lowest BCUT2D eigenvalue weighted by Gasteiger charge is -1.99. The highest BCUT2D eigenvalue weighted by atomic mass is 35.6. The van der Waals surface area contributed by atoms with Crippen LogP contribution in [0.15, 0.2) is 41.4 Å². The molecule has 0 N–H and O–H groups in total. The van der Waals surface area contributed by atoms with Gasteiger partial charge in [-0.3, -0.25) is 4.79 Å². The first-order valence-electron chi connectivity index (χ1n) is 4.36. The van der Waals surface area contributed by atoms with E-state index in [9.17, 15) is 4.79 Å². The zero-order chi connectivity index (χ0) is 12.0. The fourth-order valence-electron chi connectivity index (χ4n) is 0.912. The average Bonchev–Trinajstić information content (AvgIpc) is 2.24. The number of hydrogen-bond acceptors (Lipinski definition) is 1. The van der Waals surface area contributed by atoms with Gasteiger partial charge in [-0.2, -0.15) is 0 Å². The van der Waals surface area contributed by atoms with Gasteiger partial charge in [0.05, 0.1) is 6.21 Å². The molecule has 1 aromatic carbocycles. The molecule has 0 bridgehead atoms. The van der Waals surface area contributed by atoms with Gasteiger partial charge in [0.15, 0.2) is 0 Å². The van der Waals surface area contributed by atoms with Crippen molar-refractivity contribution in [2.45, 2.75) is 3.79 Å². The van der Waals surface area contributed by atoms with Gasteiger partial charge < -0.3 is 0 Å². The Morgan fingerprint density at radius 3 is 2.38 bits per heavy atom. The number of benzene rings is 1. The summed E-state index contributed by atoms with van der Waals surface area (Å²) in [5.74, 6) is -0.477. The van der Waals surface area contributed by atoms with Crippen molar-refractivity contribution >= 4 is 53.0 Å². The highest BCUT2D eigenvalue weighted by Crippen LogP contribution is 2.22. The first-order valence-corrected chi connectivity index (χ1v) is 5.50. The predicted octanol–water partition coefficient (Wildman–Crippen LogP) is 3.67. The molecule has 0 saturated carbocycles. The van der Waals surface area contributed by atoms with Crippen LogP contribution in [-0.2, 0) is 4.79 Å². The maximum absolute atomic E-state index is 11.2. The zero-order valence-electron chi connectivity index (χ0n) is 8.11. The highest BCUT2D eigenvalue weighted by molar-refractivity contribution is 6.74. The molecule has 0 spiro atoms. The van der Waals surface area contributed by atoms with Crippen LogP contribution in [0.5, 0.6) is 0 Å². The zero-order valence-corrected chi connectivity index (χ0v) is 10.4. The molecule has 0 heterocycles. The third kappa shape index (κ3) is 5.91. The molecular formula is C11H8Cl3NO. The van der Waals surface area contributed by atoms with Gasteiger partial charge in [0.2, 0.25) is 3.79 Å². The van der Waals surface area contributed by atoms with Crippen molar-refractivity contribution in [3.05, 3.63) is 42.0 Å². The summed E-state index contributed by atoms with van der Waals surface area (Å²) in [6.45, 7) is 0. The number of nitrogens with zero attached hydrogens (tertiary/aromatic N) is 1. The molecule has 0 saturated heterocycles. The average molecular weight is 277 g/mol. The van der Waals surface area contributed by atoms with Gasteiger partial charge in [0.1, 0.15) is 0 Å². The molecule has 0 aliphatic carbocycles. The second-order valence-corrected chi connectivity index (χ2v) is 5.25. The summed E-state index contributed by atoms with van der Waals surface area (Å²) in [4.78, 5) is 14.7. The maximum Gasteiger partial charge on any atom is 0.269 e. The van der Waals surface area contributed by atoms with Crippen LogP contribution in [0.4, 0.5) is 0 Å². The molecule has 1 amide bonds. The van der Waals surface area contributed by atoms with Crippen molar-refractivity contribution in [2.24, 2.45) is 4.99 Å². The Balaban J connectivity index is 2.59. The molecule has 2 nitrogen and oxygen atoms in total. The van der Waals surface area contributed by atoms with Crippen LogP contribution in [0.3, 0.4) is 0 Å². The van der Waals surface area contributed by atoms with Gasteiger partial charge in [0, 0.05) is 6.08 Å². The van der Waals surface area contributed by atoms with Gasteiger partial charge >= 0.3 is 0 Å². The Labute approximate surface area is 109 Å².